The number of piperidine rings is 1. The van der Waals surface area contributed by atoms with Crippen molar-refractivity contribution in [1.29, 1.82) is 0 Å². The number of hydrogen-bond donors (Lipinski definition) is 1. The van der Waals surface area contributed by atoms with Crippen LogP contribution in [0.5, 0.6) is 0 Å². The number of benzene rings is 1. The highest BCUT2D eigenvalue weighted by Crippen LogP contribution is 2.30. The van der Waals surface area contributed by atoms with Gasteiger partial charge in [-0.2, -0.15) is 0 Å². The molecule has 1 aromatic carbocycles. The van der Waals surface area contributed by atoms with Crippen molar-refractivity contribution in [3.63, 3.8) is 0 Å². The van der Waals surface area contributed by atoms with Gasteiger partial charge < -0.3 is 14.6 Å². The third kappa shape index (κ3) is 3.41. The Labute approximate surface area is 141 Å². The summed E-state index contributed by atoms with van der Waals surface area (Å²) in [6.07, 6.45) is 2.63. The number of amides is 1. The summed E-state index contributed by atoms with van der Waals surface area (Å²) in [6, 6.07) is 12.7. The van der Waals surface area contributed by atoms with Crippen LogP contribution >= 0.6 is 0 Å². The summed E-state index contributed by atoms with van der Waals surface area (Å²) in [4.78, 5) is 26.0. The zero-order chi connectivity index (χ0) is 17.1. The van der Waals surface area contributed by atoms with Gasteiger partial charge >= 0.3 is 0 Å². The van der Waals surface area contributed by atoms with Crippen molar-refractivity contribution < 1.29 is 9.90 Å². The zero-order valence-corrected chi connectivity index (χ0v) is 13.8. The highest BCUT2D eigenvalue weighted by atomic mass is 16.3. The molecule has 2 aromatic rings. The molecular formula is C19H22N2O3. The van der Waals surface area contributed by atoms with Crippen molar-refractivity contribution in [3.05, 3.63) is 70.1 Å². The summed E-state index contributed by atoms with van der Waals surface area (Å²) in [6.45, 7) is 1.20. The maximum absolute atomic E-state index is 12.5. The van der Waals surface area contributed by atoms with E-state index in [1.165, 1.54) is 10.6 Å². The number of likely N-dealkylation sites (tertiary alicyclic amines) is 1. The lowest BCUT2D eigenvalue weighted by atomic mass is 9.87. The molecule has 1 aliphatic heterocycles. The first-order valence-corrected chi connectivity index (χ1v) is 8.25. The lowest BCUT2D eigenvalue weighted by molar-refractivity contribution is 0.0462. The van der Waals surface area contributed by atoms with Gasteiger partial charge in [0.2, 0.25) is 0 Å². The summed E-state index contributed by atoms with van der Waals surface area (Å²) in [5.41, 5.74) is 1.17. The lowest BCUT2D eigenvalue weighted by Gasteiger charge is -2.34. The van der Waals surface area contributed by atoms with Crippen LogP contribution in [0.2, 0.25) is 0 Å². The number of aliphatic hydroxyl groups is 1. The number of rotatable bonds is 3. The van der Waals surface area contributed by atoms with Crippen molar-refractivity contribution in [2.45, 2.75) is 18.9 Å². The molecule has 1 aliphatic rings. The van der Waals surface area contributed by atoms with E-state index in [0.29, 0.717) is 18.7 Å². The minimum absolute atomic E-state index is 0.111. The fourth-order valence-electron chi connectivity index (χ4n) is 3.20. The van der Waals surface area contributed by atoms with Crippen molar-refractivity contribution in [2.75, 3.05) is 13.1 Å². The molecule has 24 heavy (non-hydrogen) atoms. The van der Waals surface area contributed by atoms with Crippen molar-refractivity contribution in [3.8, 4) is 0 Å². The first kappa shape index (κ1) is 16.5. The van der Waals surface area contributed by atoms with Crippen LogP contribution in [0.1, 0.15) is 34.9 Å². The van der Waals surface area contributed by atoms with E-state index < -0.39 is 6.10 Å². The molecule has 1 fully saturated rings. The molecule has 2 heterocycles. The number of nitrogens with zero attached hydrogens (tertiary/aromatic N) is 2. The van der Waals surface area contributed by atoms with Crippen LogP contribution in [0.15, 0.2) is 53.5 Å². The van der Waals surface area contributed by atoms with E-state index in [4.69, 9.17) is 0 Å². The van der Waals surface area contributed by atoms with Gasteiger partial charge in [0.1, 0.15) is 0 Å². The summed E-state index contributed by atoms with van der Waals surface area (Å²) in [5, 5.41) is 10.5. The maximum atomic E-state index is 12.5. The van der Waals surface area contributed by atoms with Gasteiger partial charge in [-0.3, -0.25) is 9.59 Å². The van der Waals surface area contributed by atoms with Gasteiger partial charge in [-0.05, 0) is 30.4 Å². The Kier molecular flexibility index (Phi) is 4.81. The van der Waals surface area contributed by atoms with Gasteiger partial charge in [-0.1, -0.05) is 30.3 Å². The second-order valence-corrected chi connectivity index (χ2v) is 6.35. The van der Waals surface area contributed by atoms with Crippen molar-refractivity contribution >= 4 is 5.91 Å². The molecule has 1 N–H and O–H groups in total. The van der Waals surface area contributed by atoms with Crippen LogP contribution in [-0.2, 0) is 7.05 Å². The number of aryl methyl sites for hydroxylation is 1. The van der Waals surface area contributed by atoms with Crippen LogP contribution in [0, 0.1) is 5.92 Å². The fraction of sp³-hybridized carbons (Fsp3) is 0.368. The number of carbonyl (C=O) groups excluding carboxylic acids is 1. The Morgan fingerprint density at radius 1 is 1.17 bits per heavy atom. The number of carbonyl (C=O) groups is 1. The smallest absolute Gasteiger partial charge is 0.254 e. The predicted molar refractivity (Wildman–Crippen MR) is 91.7 cm³/mol. The summed E-state index contributed by atoms with van der Waals surface area (Å²) >= 11 is 0. The van der Waals surface area contributed by atoms with E-state index in [-0.39, 0.29) is 17.4 Å². The first-order valence-electron chi connectivity index (χ1n) is 8.25. The predicted octanol–water partition coefficient (Wildman–Crippen LogP) is 1.97. The van der Waals surface area contributed by atoms with Gasteiger partial charge in [-0.25, -0.2) is 0 Å². The quantitative estimate of drug-likeness (QED) is 0.938. The molecule has 0 radical (unpaired) electrons. The zero-order valence-electron chi connectivity index (χ0n) is 13.8. The van der Waals surface area contributed by atoms with Crippen LogP contribution in [0.25, 0.3) is 0 Å². The Balaban J connectivity index is 1.63. The Bertz CT molecular complexity index is 762. The fourth-order valence-corrected chi connectivity index (χ4v) is 3.20. The van der Waals surface area contributed by atoms with Gasteiger partial charge in [0, 0.05) is 38.0 Å². The van der Waals surface area contributed by atoms with Gasteiger partial charge in [-0.15, -0.1) is 0 Å². The molecule has 0 aliphatic carbocycles. The van der Waals surface area contributed by atoms with E-state index in [2.05, 4.69) is 0 Å². The Morgan fingerprint density at radius 3 is 2.46 bits per heavy atom. The monoisotopic (exact) mass is 326 g/mol. The van der Waals surface area contributed by atoms with Crippen LogP contribution in [-0.4, -0.2) is 33.6 Å². The van der Waals surface area contributed by atoms with E-state index in [1.807, 2.05) is 30.3 Å². The molecule has 3 rings (SSSR count). The summed E-state index contributed by atoms with van der Waals surface area (Å²) in [5.74, 6) is 0.0421. The highest BCUT2D eigenvalue weighted by Gasteiger charge is 2.28. The second kappa shape index (κ2) is 7.01. The van der Waals surface area contributed by atoms with Gasteiger partial charge in [0.15, 0.2) is 0 Å². The summed E-state index contributed by atoms with van der Waals surface area (Å²) < 4.78 is 1.44. The van der Waals surface area contributed by atoms with E-state index >= 15 is 0 Å². The van der Waals surface area contributed by atoms with Crippen LogP contribution < -0.4 is 5.56 Å². The maximum Gasteiger partial charge on any atom is 0.254 e. The minimum Gasteiger partial charge on any atom is -0.388 e. The first-order chi connectivity index (χ1) is 11.6. The minimum atomic E-state index is -0.493. The Hall–Kier alpha value is -2.40. The standard InChI is InChI=1S/C19H22N2O3/c1-20-10-7-16(13-17(20)22)19(24)21-11-8-15(9-12-21)18(23)14-5-3-2-4-6-14/h2-7,10,13,15,18,23H,8-9,11-12H2,1H3/t18-/m0/s1. The number of aromatic nitrogens is 1. The third-order valence-electron chi connectivity index (χ3n) is 4.77. The molecule has 5 nitrogen and oxygen atoms in total. The average Bonchev–Trinajstić information content (AvgIpc) is 2.63. The Morgan fingerprint density at radius 2 is 1.83 bits per heavy atom. The number of hydrogen-bond acceptors (Lipinski definition) is 3. The second-order valence-electron chi connectivity index (χ2n) is 6.35. The summed E-state index contributed by atoms with van der Waals surface area (Å²) in [7, 11) is 1.66. The molecule has 0 unspecified atom stereocenters. The average molecular weight is 326 g/mol. The third-order valence-corrected chi connectivity index (χ3v) is 4.77. The molecule has 1 aromatic heterocycles. The molecule has 1 atom stereocenters. The number of pyridine rings is 1. The van der Waals surface area contributed by atoms with E-state index in [1.54, 1.807) is 24.2 Å². The normalized spacial score (nSPS) is 16.8. The van der Waals surface area contributed by atoms with Crippen LogP contribution in [0.3, 0.4) is 0 Å². The molecule has 5 heteroatoms. The largest absolute Gasteiger partial charge is 0.388 e. The SMILES string of the molecule is Cn1ccc(C(=O)N2CCC([C@@H](O)c3ccccc3)CC2)cc1=O. The van der Waals surface area contributed by atoms with Crippen molar-refractivity contribution in [2.24, 2.45) is 13.0 Å². The molecule has 1 amide bonds. The highest BCUT2D eigenvalue weighted by molar-refractivity contribution is 5.94. The van der Waals surface area contributed by atoms with Crippen LogP contribution in [0.4, 0.5) is 0 Å². The molecular weight excluding hydrogens is 304 g/mol. The lowest BCUT2D eigenvalue weighted by Crippen LogP contribution is -2.40. The van der Waals surface area contributed by atoms with Gasteiger partial charge in [0.05, 0.1) is 6.10 Å². The van der Waals surface area contributed by atoms with Gasteiger partial charge in [0.25, 0.3) is 11.5 Å². The molecule has 0 spiro atoms. The van der Waals surface area contributed by atoms with E-state index in [9.17, 15) is 14.7 Å². The molecule has 1 saturated heterocycles. The number of aliphatic hydroxyl groups excluding tert-OH is 1. The molecule has 0 saturated carbocycles. The molecule has 126 valence electrons. The molecule has 0 bridgehead atoms. The van der Waals surface area contributed by atoms with E-state index in [0.717, 1.165) is 18.4 Å². The van der Waals surface area contributed by atoms with Crippen molar-refractivity contribution in [1.82, 2.24) is 9.47 Å². The topological polar surface area (TPSA) is 62.5 Å².